The van der Waals surface area contributed by atoms with Crippen molar-refractivity contribution in [3.8, 4) is 0 Å². The fourth-order valence-electron chi connectivity index (χ4n) is 2.49. The maximum absolute atomic E-state index is 13.0. The summed E-state index contributed by atoms with van der Waals surface area (Å²) in [7, 11) is 0. The molecule has 1 saturated heterocycles. The lowest BCUT2D eigenvalue weighted by atomic mass is 9.82. The molecule has 0 atom stereocenters. The summed E-state index contributed by atoms with van der Waals surface area (Å²) in [5, 5.41) is 0. The van der Waals surface area contributed by atoms with E-state index in [0.717, 1.165) is 18.4 Å². The van der Waals surface area contributed by atoms with Crippen molar-refractivity contribution < 1.29 is 9.18 Å². The molecule has 2 N–H and O–H groups in total. The van der Waals surface area contributed by atoms with E-state index >= 15 is 0 Å². The molecule has 3 nitrogen and oxygen atoms in total. The Morgan fingerprint density at radius 2 is 1.75 bits per heavy atom. The third kappa shape index (κ3) is 3.49. The van der Waals surface area contributed by atoms with Crippen LogP contribution in [-0.4, -0.2) is 29.9 Å². The van der Waals surface area contributed by atoms with Crippen LogP contribution in [0, 0.1) is 5.82 Å². The van der Waals surface area contributed by atoms with Crippen molar-refractivity contribution in [3.63, 3.8) is 0 Å². The Hall–Kier alpha value is -1.13. The SMILES string of the molecule is CC(C)(C(=O)N1CCC(N)CC1)c1ccc(F)cc1.Cl. The molecule has 112 valence electrons. The Labute approximate surface area is 125 Å². The van der Waals surface area contributed by atoms with Crippen molar-refractivity contribution in [2.45, 2.75) is 38.1 Å². The largest absolute Gasteiger partial charge is 0.342 e. The maximum Gasteiger partial charge on any atom is 0.232 e. The monoisotopic (exact) mass is 300 g/mol. The number of carbonyl (C=O) groups excluding carboxylic acids is 1. The van der Waals surface area contributed by atoms with E-state index in [9.17, 15) is 9.18 Å². The van der Waals surface area contributed by atoms with Gasteiger partial charge in [-0.15, -0.1) is 12.4 Å². The van der Waals surface area contributed by atoms with Crippen LogP contribution in [0.4, 0.5) is 4.39 Å². The third-order valence-corrected chi connectivity index (χ3v) is 3.93. The van der Waals surface area contributed by atoms with Crippen LogP contribution in [0.25, 0.3) is 0 Å². The van der Waals surface area contributed by atoms with Crippen LogP contribution < -0.4 is 5.73 Å². The third-order valence-electron chi connectivity index (χ3n) is 3.93. The molecule has 20 heavy (non-hydrogen) atoms. The summed E-state index contributed by atoms with van der Waals surface area (Å²) < 4.78 is 13.0. The van der Waals surface area contributed by atoms with Gasteiger partial charge in [-0.25, -0.2) is 4.39 Å². The van der Waals surface area contributed by atoms with Gasteiger partial charge in [0.15, 0.2) is 0 Å². The number of halogens is 2. The maximum atomic E-state index is 13.0. The van der Waals surface area contributed by atoms with Gasteiger partial charge in [0.25, 0.3) is 0 Å². The first-order chi connectivity index (χ1) is 8.91. The molecular formula is C15H22ClFN2O. The Morgan fingerprint density at radius 1 is 1.25 bits per heavy atom. The standard InChI is InChI=1S/C15H21FN2O.ClH/c1-15(2,11-3-5-12(16)6-4-11)14(19)18-9-7-13(17)8-10-18;/h3-6,13H,7-10,17H2,1-2H3;1H. The topological polar surface area (TPSA) is 46.3 Å². The zero-order valence-electron chi connectivity index (χ0n) is 11.9. The summed E-state index contributed by atoms with van der Waals surface area (Å²) in [4.78, 5) is 14.5. The molecule has 0 spiro atoms. The minimum atomic E-state index is -0.630. The summed E-state index contributed by atoms with van der Waals surface area (Å²) >= 11 is 0. The van der Waals surface area contributed by atoms with Crippen LogP contribution in [0.15, 0.2) is 24.3 Å². The van der Waals surface area contributed by atoms with Gasteiger partial charge < -0.3 is 10.6 Å². The molecule has 2 rings (SSSR count). The van der Waals surface area contributed by atoms with Gasteiger partial charge in [0.2, 0.25) is 5.91 Å². The lowest BCUT2D eigenvalue weighted by molar-refractivity contribution is -0.137. The summed E-state index contributed by atoms with van der Waals surface area (Å²) in [6.45, 7) is 5.20. The lowest BCUT2D eigenvalue weighted by Crippen LogP contribution is -2.49. The van der Waals surface area contributed by atoms with E-state index in [1.54, 1.807) is 12.1 Å². The second-order valence-electron chi connectivity index (χ2n) is 5.76. The molecule has 1 fully saturated rings. The van der Waals surface area contributed by atoms with Crippen LogP contribution in [0.1, 0.15) is 32.3 Å². The Morgan fingerprint density at radius 3 is 2.25 bits per heavy atom. The Balaban J connectivity index is 0.00000200. The van der Waals surface area contributed by atoms with E-state index in [-0.39, 0.29) is 30.2 Å². The number of nitrogens with zero attached hydrogens (tertiary/aromatic N) is 1. The number of benzene rings is 1. The summed E-state index contributed by atoms with van der Waals surface area (Å²) in [6.07, 6.45) is 1.70. The first-order valence-corrected chi connectivity index (χ1v) is 6.72. The highest BCUT2D eigenvalue weighted by molar-refractivity contribution is 5.87. The molecule has 1 aliphatic rings. The number of carbonyl (C=O) groups is 1. The van der Waals surface area contributed by atoms with Crippen molar-refractivity contribution in [2.75, 3.05) is 13.1 Å². The van der Waals surface area contributed by atoms with Gasteiger partial charge in [-0.2, -0.15) is 0 Å². The molecule has 5 heteroatoms. The molecule has 0 bridgehead atoms. The predicted octanol–water partition coefficient (Wildman–Crippen LogP) is 2.47. The number of hydrogen-bond acceptors (Lipinski definition) is 2. The fraction of sp³-hybridized carbons (Fsp3) is 0.533. The molecule has 0 aliphatic carbocycles. The molecule has 1 aromatic rings. The van der Waals surface area contributed by atoms with Crippen LogP contribution in [0.3, 0.4) is 0 Å². The van der Waals surface area contributed by atoms with Crippen molar-refractivity contribution >= 4 is 18.3 Å². The van der Waals surface area contributed by atoms with E-state index in [1.807, 2.05) is 18.7 Å². The highest BCUT2D eigenvalue weighted by Crippen LogP contribution is 2.27. The molecule has 0 saturated carbocycles. The Bertz CT molecular complexity index is 453. The normalized spacial score (nSPS) is 16.7. The zero-order valence-corrected chi connectivity index (χ0v) is 12.8. The van der Waals surface area contributed by atoms with Crippen LogP contribution >= 0.6 is 12.4 Å². The summed E-state index contributed by atoms with van der Waals surface area (Å²) in [5.41, 5.74) is 6.07. The van der Waals surface area contributed by atoms with Crippen molar-refractivity contribution in [2.24, 2.45) is 5.73 Å². The average Bonchev–Trinajstić information content (AvgIpc) is 2.39. The minimum Gasteiger partial charge on any atom is -0.342 e. The fourth-order valence-corrected chi connectivity index (χ4v) is 2.49. The van der Waals surface area contributed by atoms with Gasteiger partial charge in [-0.05, 0) is 44.4 Å². The molecule has 1 aromatic carbocycles. The second kappa shape index (κ2) is 6.55. The minimum absolute atomic E-state index is 0. The number of likely N-dealkylation sites (tertiary alicyclic amines) is 1. The van der Waals surface area contributed by atoms with Gasteiger partial charge in [-0.3, -0.25) is 4.79 Å². The van der Waals surface area contributed by atoms with E-state index in [1.165, 1.54) is 12.1 Å². The molecule has 1 amide bonds. The summed E-state index contributed by atoms with van der Waals surface area (Å²) in [6, 6.07) is 6.37. The van der Waals surface area contributed by atoms with Gasteiger partial charge in [-0.1, -0.05) is 12.1 Å². The van der Waals surface area contributed by atoms with Crippen molar-refractivity contribution in [1.29, 1.82) is 0 Å². The molecule has 0 unspecified atom stereocenters. The highest BCUT2D eigenvalue weighted by Gasteiger charge is 2.34. The first kappa shape index (κ1) is 16.9. The number of nitrogens with two attached hydrogens (primary N) is 1. The van der Waals surface area contributed by atoms with E-state index in [4.69, 9.17) is 5.73 Å². The lowest BCUT2D eigenvalue weighted by Gasteiger charge is -2.36. The molecule has 0 aromatic heterocycles. The molecule has 0 radical (unpaired) electrons. The number of piperidine rings is 1. The van der Waals surface area contributed by atoms with Crippen LogP contribution in [-0.2, 0) is 10.2 Å². The number of hydrogen-bond donors (Lipinski definition) is 1. The zero-order chi connectivity index (χ0) is 14.0. The van der Waals surface area contributed by atoms with Gasteiger partial charge >= 0.3 is 0 Å². The van der Waals surface area contributed by atoms with Gasteiger partial charge in [0.1, 0.15) is 5.82 Å². The quantitative estimate of drug-likeness (QED) is 0.912. The van der Waals surface area contributed by atoms with E-state index < -0.39 is 5.41 Å². The Kier molecular flexibility index (Phi) is 5.54. The van der Waals surface area contributed by atoms with E-state index in [2.05, 4.69) is 0 Å². The van der Waals surface area contributed by atoms with E-state index in [0.29, 0.717) is 13.1 Å². The highest BCUT2D eigenvalue weighted by atomic mass is 35.5. The van der Waals surface area contributed by atoms with Gasteiger partial charge in [0, 0.05) is 19.1 Å². The number of rotatable bonds is 2. The summed E-state index contributed by atoms with van der Waals surface area (Å²) in [5.74, 6) is -0.193. The molecule has 1 aliphatic heterocycles. The number of amides is 1. The predicted molar refractivity (Wildman–Crippen MR) is 80.5 cm³/mol. The second-order valence-corrected chi connectivity index (χ2v) is 5.76. The smallest absolute Gasteiger partial charge is 0.232 e. The van der Waals surface area contributed by atoms with Crippen LogP contribution in [0.2, 0.25) is 0 Å². The van der Waals surface area contributed by atoms with Crippen LogP contribution in [0.5, 0.6) is 0 Å². The van der Waals surface area contributed by atoms with Gasteiger partial charge in [0.05, 0.1) is 5.41 Å². The first-order valence-electron chi connectivity index (χ1n) is 6.72. The molecule has 1 heterocycles. The van der Waals surface area contributed by atoms with Crippen molar-refractivity contribution in [3.05, 3.63) is 35.6 Å². The average molecular weight is 301 g/mol. The molecular weight excluding hydrogens is 279 g/mol. The van der Waals surface area contributed by atoms with Crippen molar-refractivity contribution in [1.82, 2.24) is 4.90 Å².